The summed E-state index contributed by atoms with van der Waals surface area (Å²) < 4.78 is -1.69. The molecule has 0 aliphatic heterocycles. The van der Waals surface area contributed by atoms with Crippen molar-refractivity contribution in [1.29, 1.82) is 0 Å². The number of hydrogen-bond acceptors (Lipinski definition) is 0. The fourth-order valence-corrected chi connectivity index (χ4v) is 5.19. The maximum absolute atomic E-state index is 6.19. The minimum absolute atomic E-state index is 0.000216. The van der Waals surface area contributed by atoms with E-state index in [0.29, 0.717) is 0 Å². The Labute approximate surface area is 126 Å². The van der Waals surface area contributed by atoms with Gasteiger partial charge in [0, 0.05) is 0 Å². The van der Waals surface area contributed by atoms with Gasteiger partial charge in [-0.2, -0.15) is 0 Å². The zero-order valence-corrected chi connectivity index (χ0v) is 12.6. The molecule has 84 valence electrons. The molecule has 2 atom stereocenters. The number of alkyl halides is 4. The maximum atomic E-state index is 6.19. The molecule has 0 radical (unpaired) electrons. The number of halogens is 8. The third kappa shape index (κ3) is 1.12. The second-order valence-electron chi connectivity index (χ2n) is 3.15. The standard InChI is InChI=1S/C7Cl8/c8-1-3(10)6(13)5(1,12)2(9)4(11)7(6,14)15. The van der Waals surface area contributed by atoms with Crippen LogP contribution in [0.3, 0.4) is 0 Å². The Bertz CT molecular complexity index is 421. The van der Waals surface area contributed by atoms with Crippen molar-refractivity contribution in [2.24, 2.45) is 0 Å². The molecule has 0 aromatic heterocycles. The molecule has 8 heteroatoms. The lowest BCUT2D eigenvalue weighted by atomic mass is 9.81. The highest BCUT2D eigenvalue weighted by atomic mass is 35.5. The molecule has 0 amide bonds. The van der Waals surface area contributed by atoms with Crippen LogP contribution in [0.5, 0.6) is 0 Å². The van der Waals surface area contributed by atoms with E-state index in [1.807, 2.05) is 0 Å². The topological polar surface area (TPSA) is 0 Å². The predicted octanol–water partition coefficient (Wildman–Crippen LogP) is 5.52. The molecule has 2 unspecified atom stereocenters. The van der Waals surface area contributed by atoms with Crippen molar-refractivity contribution in [3.05, 3.63) is 20.1 Å². The molecule has 15 heavy (non-hydrogen) atoms. The minimum Gasteiger partial charge on any atom is -0.107 e. The van der Waals surface area contributed by atoms with Crippen LogP contribution in [0.25, 0.3) is 0 Å². The van der Waals surface area contributed by atoms with Gasteiger partial charge in [-0.3, -0.25) is 0 Å². The summed E-state index contributed by atoms with van der Waals surface area (Å²) >= 11 is 47.9. The molecule has 0 aromatic rings. The van der Waals surface area contributed by atoms with Gasteiger partial charge in [-0.1, -0.05) is 69.6 Å². The molecule has 0 N–H and O–H groups in total. The average Bonchev–Trinajstić information content (AvgIpc) is 2.29. The van der Waals surface area contributed by atoms with Crippen LogP contribution in [0, 0.1) is 0 Å². The summed E-state index contributed by atoms with van der Waals surface area (Å²) in [7, 11) is 0. The van der Waals surface area contributed by atoms with Gasteiger partial charge in [-0.15, -0.1) is 23.2 Å². The first kappa shape index (κ1) is 13.2. The first-order chi connectivity index (χ1) is 6.63. The molecular formula is C7Cl8. The molecule has 0 saturated heterocycles. The van der Waals surface area contributed by atoms with Gasteiger partial charge in [0.15, 0.2) is 4.33 Å². The van der Waals surface area contributed by atoms with Crippen molar-refractivity contribution in [2.45, 2.75) is 14.1 Å². The van der Waals surface area contributed by atoms with Crippen LogP contribution in [0.1, 0.15) is 0 Å². The number of allylic oxidation sites excluding steroid dienone is 4. The molecule has 0 fully saturated rings. The highest BCUT2D eigenvalue weighted by Crippen LogP contribution is 2.76. The molecule has 0 heterocycles. The lowest BCUT2D eigenvalue weighted by Crippen LogP contribution is -2.60. The lowest BCUT2D eigenvalue weighted by Gasteiger charge is -2.49. The van der Waals surface area contributed by atoms with E-state index in [1.54, 1.807) is 0 Å². The van der Waals surface area contributed by atoms with Crippen LogP contribution in [0.2, 0.25) is 0 Å². The first-order valence-corrected chi connectivity index (χ1v) is 6.54. The summed E-state index contributed by atoms with van der Waals surface area (Å²) in [6, 6.07) is 0. The number of hydrogen-bond donors (Lipinski definition) is 0. The van der Waals surface area contributed by atoms with E-state index in [0.717, 1.165) is 0 Å². The fourth-order valence-electron chi connectivity index (χ4n) is 1.58. The van der Waals surface area contributed by atoms with Gasteiger partial charge in [0.2, 0.25) is 0 Å². The van der Waals surface area contributed by atoms with Gasteiger partial charge in [0.05, 0.1) is 20.1 Å². The Morgan fingerprint density at radius 1 is 0.600 bits per heavy atom. The third-order valence-electron chi connectivity index (χ3n) is 2.48. The zero-order valence-electron chi connectivity index (χ0n) is 6.52. The molecule has 0 bridgehead atoms. The Morgan fingerprint density at radius 2 is 1.00 bits per heavy atom. The summed E-state index contributed by atoms with van der Waals surface area (Å²) in [6.07, 6.45) is 0. The fraction of sp³-hybridized carbons (Fsp3) is 0.429. The Kier molecular flexibility index (Phi) is 3.02. The summed E-state index contributed by atoms with van der Waals surface area (Å²) in [6.45, 7) is 0. The van der Waals surface area contributed by atoms with E-state index in [4.69, 9.17) is 92.8 Å². The molecule has 2 rings (SSSR count). The molecule has 0 saturated carbocycles. The van der Waals surface area contributed by atoms with E-state index < -0.39 is 14.1 Å². The van der Waals surface area contributed by atoms with Gasteiger partial charge < -0.3 is 0 Å². The van der Waals surface area contributed by atoms with Crippen molar-refractivity contribution >= 4 is 92.8 Å². The van der Waals surface area contributed by atoms with Gasteiger partial charge >= 0.3 is 0 Å². The van der Waals surface area contributed by atoms with E-state index in [-0.39, 0.29) is 20.1 Å². The molecule has 0 aromatic carbocycles. The first-order valence-electron chi connectivity index (χ1n) is 3.51. The minimum atomic E-state index is -1.69. The molecular weight excluding hydrogens is 368 g/mol. The van der Waals surface area contributed by atoms with Crippen LogP contribution in [-0.2, 0) is 0 Å². The number of rotatable bonds is 0. The van der Waals surface area contributed by atoms with E-state index in [2.05, 4.69) is 0 Å². The van der Waals surface area contributed by atoms with Crippen molar-refractivity contribution in [1.82, 2.24) is 0 Å². The molecule has 0 nitrogen and oxygen atoms in total. The summed E-state index contributed by atoms with van der Waals surface area (Å²) in [5.74, 6) is 0. The maximum Gasteiger partial charge on any atom is 0.181 e. The van der Waals surface area contributed by atoms with Crippen molar-refractivity contribution in [3.63, 3.8) is 0 Å². The summed E-state index contributed by atoms with van der Waals surface area (Å²) in [5.41, 5.74) is 0. The van der Waals surface area contributed by atoms with Crippen molar-refractivity contribution in [2.75, 3.05) is 0 Å². The highest BCUT2D eigenvalue weighted by molar-refractivity contribution is 6.71. The average molecular weight is 368 g/mol. The predicted molar refractivity (Wildman–Crippen MR) is 69.1 cm³/mol. The van der Waals surface area contributed by atoms with Crippen molar-refractivity contribution < 1.29 is 0 Å². The van der Waals surface area contributed by atoms with Crippen LogP contribution < -0.4 is 0 Å². The van der Waals surface area contributed by atoms with Crippen LogP contribution in [-0.4, -0.2) is 14.1 Å². The second kappa shape index (κ2) is 3.42. The quantitative estimate of drug-likeness (QED) is 0.494. The van der Waals surface area contributed by atoms with Gasteiger partial charge in [-0.05, 0) is 0 Å². The van der Waals surface area contributed by atoms with E-state index in [9.17, 15) is 0 Å². The van der Waals surface area contributed by atoms with E-state index in [1.165, 1.54) is 0 Å². The monoisotopic (exact) mass is 364 g/mol. The molecule has 2 aliphatic rings. The smallest absolute Gasteiger partial charge is 0.107 e. The SMILES string of the molecule is ClC1=C(Cl)C2(Cl)C(Cl)=C(Cl)C2(Cl)C1(Cl)Cl. The highest BCUT2D eigenvalue weighted by Gasteiger charge is 2.79. The zero-order chi connectivity index (χ0) is 11.8. The Hall–Kier alpha value is 1.80. The van der Waals surface area contributed by atoms with Crippen LogP contribution in [0.4, 0.5) is 0 Å². The van der Waals surface area contributed by atoms with Crippen molar-refractivity contribution in [3.8, 4) is 0 Å². The molecule has 2 aliphatic carbocycles. The van der Waals surface area contributed by atoms with Crippen LogP contribution in [0.15, 0.2) is 20.1 Å². The summed E-state index contributed by atoms with van der Waals surface area (Å²) in [4.78, 5) is -2.95. The number of fused-ring (bicyclic) bond motifs is 1. The van der Waals surface area contributed by atoms with Crippen LogP contribution >= 0.6 is 92.8 Å². The second-order valence-corrected chi connectivity index (χ2v) is 7.12. The summed E-state index contributed by atoms with van der Waals surface area (Å²) in [5, 5.41) is 0.0818. The van der Waals surface area contributed by atoms with Gasteiger partial charge in [0.25, 0.3) is 0 Å². The Balaban J connectivity index is 2.76. The van der Waals surface area contributed by atoms with Gasteiger partial charge in [-0.25, -0.2) is 0 Å². The Morgan fingerprint density at radius 3 is 1.40 bits per heavy atom. The normalized spacial score (nSPS) is 43.2. The van der Waals surface area contributed by atoms with E-state index >= 15 is 0 Å². The third-order valence-corrected chi connectivity index (χ3v) is 7.70. The van der Waals surface area contributed by atoms with Gasteiger partial charge in [0.1, 0.15) is 9.75 Å². The largest absolute Gasteiger partial charge is 0.181 e. The molecule has 0 spiro atoms. The lowest BCUT2D eigenvalue weighted by molar-refractivity contribution is 0.562.